The van der Waals surface area contributed by atoms with Gasteiger partial charge >= 0.3 is 5.97 Å². The SMILES string of the molecule is C[C@@H]1C[C@@H]1c1ccccc1C(C(=O)O)N1CC[C@@H](OCCCCc2ccc3c(n2)NCCC3)C1. The van der Waals surface area contributed by atoms with E-state index in [2.05, 4.69) is 35.3 Å². The summed E-state index contributed by atoms with van der Waals surface area (Å²) >= 11 is 0. The number of carbonyl (C=O) groups is 1. The second kappa shape index (κ2) is 10.4. The number of unbranched alkanes of at least 4 members (excludes halogenated alkanes) is 1. The van der Waals surface area contributed by atoms with Crippen molar-refractivity contribution in [2.45, 2.75) is 69.9 Å². The molecule has 2 aliphatic heterocycles. The summed E-state index contributed by atoms with van der Waals surface area (Å²) < 4.78 is 6.17. The normalized spacial score (nSPS) is 24.9. The molecule has 1 aromatic carbocycles. The lowest BCUT2D eigenvalue weighted by molar-refractivity contribution is -0.143. The van der Waals surface area contributed by atoms with Crippen LogP contribution < -0.4 is 5.32 Å². The number of nitrogens with zero attached hydrogens (tertiary/aromatic N) is 2. The van der Waals surface area contributed by atoms with Crippen molar-refractivity contribution in [3.8, 4) is 0 Å². The van der Waals surface area contributed by atoms with E-state index in [1.54, 1.807) is 0 Å². The van der Waals surface area contributed by atoms with Crippen LogP contribution in [0, 0.1) is 5.92 Å². The second-order valence-corrected chi connectivity index (χ2v) is 10.3. The van der Waals surface area contributed by atoms with Gasteiger partial charge in [0.25, 0.3) is 0 Å². The van der Waals surface area contributed by atoms with Crippen molar-refractivity contribution in [2.75, 3.05) is 31.6 Å². The summed E-state index contributed by atoms with van der Waals surface area (Å²) in [5.74, 6) is 1.47. The number of carboxylic acid groups (broad SMARTS) is 1. The van der Waals surface area contributed by atoms with Gasteiger partial charge in [-0.2, -0.15) is 0 Å². The van der Waals surface area contributed by atoms with Crippen molar-refractivity contribution in [2.24, 2.45) is 5.92 Å². The van der Waals surface area contributed by atoms with Gasteiger partial charge in [-0.05, 0) is 79.5 Å². The molecule has 1 aromatic heterocycles. The highest BCUT2D eigenvalue weighted by molar-refractivity contribution is 5.76. The van der Waals surface area contributed by atoms with E-state index in [9.17, 15) is 9.90 Å². The van der Waals surface area contributed by atoms with Gasteiger partial charge in [0.1, 0.15) is 11.9 Å². The van der Waals surface area contributed by atoms with Crippen LogP contribution in [0.15, 0.2) is 36.4 Å². The number of likely N-dealkylation sites (tertiary alicyclic amines) is 1. The molecular weight excluding hydrogens is 426 g/mol. The third-order valence-electron chi connectivity index (χ3n) is 7.71. The number of anilines is 1. The summed E-state index contributed by atoms with van der Waals surface area (Å²) in [5, 5.41) is 13.5. The van der Waals surface area contributed by atoms with Crippen molar-refractivity contribution in [1.29, 1.82) is 0 Å². The van der Waals surface area contributed by atoms with Crippen LogP contribution in [0.5, 0.6) is 0 Å². The summed E-state index contributed by atoms with van der Waals surface area (Å²) in [6.07, 6.45) is 7.47. The van der Waals surface area contributed by atoms with Crippen LogP contribution in [-0.2, 0) is 22.4 Å². The minimum Gasteiger partial charge on any atom is -0.480 e. The molecule has 1 saturated carbocycles. The van der Waals surface area contributed by atoms with Gasteiger partial charge in [-0.15, -0.1) is 0 Å². The fraction of sp³-hybridized carbons (Fsp3) is 0.571. The standard InChI is InChI=1S/C28H37N3O3/c1-19-17-25(19)23-9-2-3-10-24(23)26(28(32)33)31-15-13-22(18-31)34-16-5-4-8-21-12-11-20-7-6-14-29-27(20)30-21/h2-3,9-12,19,22,25-26H,4-8,13-18H2,1H3,(H,29,30)(H,32,33)/t19-,22-,25+,26?/m1/s1. The first-order valence-electron chi connectivity index (χ1n) is 13.0. The molecule has 3 aliphatic rings. The highest BCUT2D eigenvalue weighted by Gasteiger charge is 2.40. The fourth-order valence-corrected chi connectivity index (χ4v) is 5.63. The first-order valence-corrected chi connectivity index (χ1v) is 13.0. The Hall–Kier alpha value is -2.44. The molecular formula is C28H37N3O3. The molecule has 182 valence electrons. The Labute approximate surface area is 202 Å². The number of rotatable bonds is 10. The van der Waals surface area contributed by atoms with Gasteiger partial charge in [0.05, 0.1) is 6.10 Å². The molecule has 0 bridgehead atoms. The quantitative estimate of drug-likeness (QED) is 0.493. The molecule has 0 amide bonds. The number of aryl methyl sites for hydroxylation is 2. The zero-order valence-electron chi connectivity index (χ0n) is 20.2. The first-order chi connectivity index (χ1) is 16.6. The largest absolute Gasteiger partial charge is 0.480 e. The van der Waals surface area contributed by atoms with E-state index < -0.39 is 12.0 Å². The minimum absolute atomic E-state index is 0.111. The lowest BCUT2D eigenvalue weighted by Crippen LogP contribution is -2.34. The van der Waals surface area contributed by atoms with Crippen LogP contribution in [-0.4, -0.2) is 53.3 Å². The average molecular weight is 464 g/mol. The molecule has 2 aromatic rings. The zero-order valence-corrected chi connectivity index (χ0v) is 20.2. The molecule has 1 unspecified atom stereocenters. The molecule has 0 spiro atoms. The Morgan fingerprint density at radius 3 is 2.94 bits per heavy atom. The number of pyridine rings is 1. The number of aliphatic carboxylic acids is 1. The van der Waals surface area contributed by atoms with Gasteiger partial charge in [0.15, 0.2) is 0 Å². The summed E-state index contributed by atoms with van der Waals surface area (Å²) in [6, 6.07) is 11.9. The van der Waals surface area contributed by atoms with E-state index >= 15 is 0 Å². The Balaban J connectivity index is 1.09. The monoisotopic (exact) mass is 463 g/mol. The molecule has 2 N–H and O–H groups in total. The average Bonchev–Trinajstić information content (AvgIpc) is 3.39. The van der Waals surface area contributed by atoms with Crippen LogP contribution in [0.3, 0.4) is 0 Å². The molecule has 4 atom stereocenters. The maximum absolute atomic E-state index is 12.3. The molecule has 0 radical (unpaired) electrons. The number of benzene rings is 1. The maximum atomic E-state index is 12.3. The van der Waals surface area contributed by atoms with Crippen LogP contribution in [0.1, 0.15) is 73.4 Å². The van der Waals surface area contributed by atoms with Gasteiger partial charge in [-0.3, -0.25) is 9.69 Å². The fourth-order valence-electron chi connectivity index (χ4n) is 5.63. The first kappa shape index (κ1) is 23.3. The van der Waals surface area contributed by atoms with Gasteiger partial charge in [-0.1, -0.05) is 37.3 Å². The number of hydrogen-bond acceptors (Lipinski definition) is 5. The zero-order chi connectivity index (χ0) is 23.5. The minimum atomic E-state index is -0.756. The second-order valence-electron chi connectivity index (χ2n) is 10.3. The van der Waals surface area contributed by atoms with E-state index in [0.29, 0.717) is 18.4 Å². The Morgan fingerprint density at radius 1 is 1.26 bits per heavy atom. The smallest absolute Gasteiger partial charge is 0.325 e. The van der Waals surface area contributed by atoms with Crippen molar-refractivity contribution in [3.63, 3.8) is 0 Å². The van der Waals surface area contributed by atoms with Crippen molar-refractivity contribution >= 4 is 11.8 Å². The van der Waals surface area contributed by atoms with Gasteiger partial charge in [0.2, 0.25) is 0 Å². The van der Waals surface area contributed by atoms with Crippen molar-refractivity contribution < 1.29 is 14.6 Å². The van der Waals surface area contributed by atoms with E-state index in [1.807, 2.05) is 18.2 Å². The Morgan fingerprint density at radius 2 is 2.12 bits per heavy atom. The van der Waals surface area contributed by atoms with Crippen LogP contribution in [0.25, 0.3) is 0 Å². The summed E-state index contributed by atoms with van der Waals surface area (Å²) in [4.78, 5) is 19.2. The van der Waals surface area contributed by atoms with Gasteiger partial charge < -0.3 is 15.2 Å². The van der Waals surface area contributed by atoms with Crippen LogP contribution >= 0.6 is 0 Å². The van der Waals surface area contributed by atoms with Gasteiger partial charge in [-0.25, -0.2) is 4.98 Å². The highest BCUT2D eigenvalue weighted by atomic mass is 16.5. The Bertz CT molecular complexity index is 1010. The molecule has 1 aliphatic carbocycles. The lowest BCUT2D eigenvalue weighted by Gasteiger charge is -2.26. The molecule has 6 heteroatoms. The predicted molar refractivity (Wildman–Crippen MR) is 133 cm³/mol. The van der Waals surface area contributed by atoms with E-state index in [1.165, 1.54) is 17.5 Å². The van der Waals surface area contributed by atoms with Crippen LogP contribution in [0.4, 0.5) is 5.82 Å². The lowest BCUT2D eigenvalue weighted by atomic mass is 9.95. The molecule has 1 saturated heterocycles. The predicted octanol–water partition coefficient (Wildman–Crippen LogP) is 4.80. The molecule has 6 nitrogen and oxygen atoms in total. The molecule has 3 heterocycles. The topological polar surface area (TPSA) is 74.7 Å². The third-order valence-corrected chi connectivity index (χ3v) is 7.71. The van der Waals surface area contributed by atoms with E-state index in [0.717, 1.165) is 75.3 Å². The number of hydrogen-bond donors (Lipinski definition) is 2. The number of nitrogens with one attached hydrogen (secondary N) is 1. The number of carboxylic acids is 1. The molecule has 34 heavy (non-hydrogen) atoms. The summed E-state index contributed by atoms with van der Waals surface area (Å²) in [6.45, 7) is 5.43. The number of fused-ring (bicyclic) bond motifs is 1. The van der Waals surface area contributed by atoms with Crippen molar-refractivity contribution in [3.05, 3.63) is 58.8 Å². The highest BCUT2D eigenvalue weighted by Crippen LogP contribution is 2.49. The summed E-state index contributed by atoms with van der Waals surface area (Å²) in [5.41, 5.74) is 4.67. The number of ether oxygens (including phenoxy) is 1. The van der Waals surface area contributed by atoms with E-state index in [-0.39, 0.29) is 6.10 Å². The van der Waals surface area contributed by atoms with Crippen molar-refractivity contribution in [1.82, 2.24) is 9.88 Å². The molecule has 2 fully saturated rings. The van der Waals surface area contributed by atoms with Crippen LogP contribution in [0.2, 0.25) is 0 Å². The molecule has 5 rings (SSSR count). The third kappa shape index (κ3) is 5.28. The Kier molecular flexibility index (Phi) is 7.16. The van der Waals surface area contributed by atoms with E-state index in [4.69, 9.17) is 9.72 Å². The number of aromatic nitrogens is 1. The van der Waals surface area contributed by atoms with Gasteiger partial charge in [0, 0.05) is 31.9 Å². The maximum Gasteiger partial charge on any atom is 0.325 e. The summed E-state index contributed by atoms with van der Waals surface area (Å²) in [7, 11) is 0.